The molecule has 2 aromatic carbocycles. The van der Waals surface area contributed by atoms with Crippen LogP contribution in [0.15, 0.2) is 46.0 Å². The Balaban J connectivity index is 1.93. The number of hydrogen-bond donors (Lipinski definition) is 3. The highest BCUT2D eigenvalue weighted by Crippen LogP contribution is 2.22. The summed E-state index contributed by atoms with van der Waals surface area (Å²) < 4.78 is 0.973. The van der Waals surface area contributed by atoms with E-state index in [0.29, 0.717) is 11.3 Å². The highest BCUT2D eigenvalue weighted by atomic mass is 79.9. The van der Waals surface area contributed by atoms with Gasteiger partial charge < -0.3 is 10.4 Å². The fourth-order valence-corrected chi connectivity index (χ4v) is 2.09. The number of halogens is 2. The number of hydrazone groups is 1. The van der Waals surface area contributed by atoms with Gasteiger partial charge in [0, 0.05) is 10.2 Å². The molecule has 0 heterocycles. The van der Waals surface area contributed by atoms with Crippen molar-refractivity contribution in [3.63, 3.8) is 0 Å². The number of benzene rings is 2. The summed E-state index contributed by atoms with van der Waals surface area (Å²) in [5.41, 5.74) is 4.69. The Kier molecular flexibility index (Phi) is 5.41. The van der Waals surface area contributed by atoms with Gasteiger partial charge in [-0.2, -0.15) is 5.10 Å². The number of aryl methyl sites for hydroxylation is 1. The van der Waals surface area contributed by atoms with E-state index in [-0.39, 0.29) is 10.8 Å². The molecular weight excluding hydrogens is 370 g/mol. The molecule has 0 spiro atoms. The summed E-state index contributed by atoms with van der Waals surface area (Å²) in [6, 6.07) is 9.64. The maximum atomic E-state index is 11.7. The molecule has 0 atom stereocenters. The first kappa shape index (κ1) is 16.3. The largest absolute Gasteiger partial charge is 0.506 e. The van der Waals surface area contributed by atoms with Crippen molar-refractivity contribution in [3.05, 3.63) is 57.0 Å². The molecule has 114 valence electrons. The molecule has 0 aliphatic rings. The van der Waals surface area contributed by atoms with E-state index in [4.69, 9.17) is 11.6 Å². The van der Waals surface area contributed by atoms with E-state index in [2.05, 4.69) is 31.8 Å². The van der Waals surface area contributed by atoms with Gasteiger partial charge in [-0.1, -0.05) is 27.5 Å². The molecule has 0 aliphatic carbocycles. The Hall–Kier alpha value is -2.05. The zero-order valence-electron chi connectivity index (χ0n) is 11.6. The van der Waals surface area contributed by atoms with Crippen LogP contribution in [0.5, 0.6) is 5.75 Å². The lowest BCUT2D eigenvalue weighted by molar-refractivity contribution is 0.252. The summed E-state index contributed by atoms with van der Waals surface area (Å²) in [5.74, 6) is -0.00451. The third-order valence-electron chi connectivity index (χ3n) is 2.77. The van der Waals surface area contributed by atoms with Crippen molar-refractivity contribution in [2.45, 2.75) is 6.92 Å². The number of phenols is 1. The first-order valence-corrected chi connectivity index (χ1v) is 7.47. The number of phenolic OH excluding ortho intramolecular Hbond substituents is 1. The Morgan fingerprint density at radius 3 is 2.77 bits per heavy atom. The van der Waals surface area contributed by atoms with Gasteiger partial charge in [0.05, 0.1) is 11.2 Å². The lowest BCUT2D eigenvalue weighted by atomic mass is 10.2. The lowest BCUT2D eigenvalue weighted by Crippen LogP contribution is -2.24. The molecule has 2 rings (SSSR count). The maximum Gasteiger partial charge on any atom is 0.339 e. The lowest BCUT2D eigenvalue weighted by Gasteiger charge is -2.06. The number of rotatable bonds is 3. The van der Waals surface area contributed by atoms with Crippen molar-refractivity contribution >= 4 is 45.5 Å². The smallest absolute Gasteiger partial charge is 0.339 e. The van der Waals surface area contributed by atoms with E-state index in [1.807, 2.05) is 19.1 Å². The minimum absolute atomic E-state index is 0.00451. The average Bonchev–Trinajstić information content (AvgIpc) is 2.47. The molecule has 2 amide bonds. The number of nitrogens with one attached hydrogen (secondary N) is 2. The van der Waals surface area contributed by atoms with Crippen molar-refractivity contribution in [3.8, 4) is 5.75 Å². The number of nitrogens with zero attached hydrogens (tertiary/aromatic N) is 1. The Morgan fingerprint density at radius 1 is 1.32 bits per heavy atom. The van der Waals surface area contributed by atoms with Gasteiger partial charge in [-0.3, -0.25) is 0 Å². The van der Waals surface area contributed by atoms with Crippen LogP contribution in [-0.2, 0) is 0 Å². The van der Waals surface area contributed by atoms with Gasteiger partial charge >= 0.3 is 6.03 Å². The van der Waals surface area contributed by atoms with Crippen LogP contribution in [0.25, 0.3) is 0 Å². The van der Waals surface area contributed by atoms with Crippen LogP contribution in [0.4, 0.5) is 10.5 Å². The normalized spacial score (nSPS) is 10.7. The molecule has 5 nitrogen and oxygen atoms in total. The second kappa shape index (κ2) is 7.29. The SMILES string of the molecule is Cc1cc(NC(=O)N/N=C/c2ccc(O)c(Cl)c2)ccc1Br. The van der Waals surface area contributed by atoms with Crippen LogP contribution in [0.1, 0.15) is 11.1 Å². The van der Waals surface area contributed by atoms with Crippen LogP contribution in [0, 0.1) is 6.92 Å². The fourth-order valence-electron chi connectivity index (χ4n) is 1.65. The summed E-state index contributed by atoms with van der Waals surface area (Å²) in [6.45, 7) is 1.93. The van der Waals surface area contributed by atoms with E-state index < -0.39 is 6.03 Å². The van der Waals surface area contributed by atoms with Crippen LogP contribution in [0.3, 0.4) is 0 Å². The first-order valence-electron chi connectivity index (χ1n) is 6.30. The number of amides is 2. The predicted molar refractivity (Wildman–Crippen MR) is 91.7 cm³/mol. The molecule has 0 radical (unpaired) electrons. The molecule has 0 aromatic heterocycles. The summed E-state index contributed by atoms with van der Waals surface area (Å²) in [5, 5.41) is 16.0. The van der Waals surface area contributed by atoms with E-state index in [1.165, 1.54) is 18.3 Å². The topological polar surface area (TPSA) is 73.7 Å². The number of anilines is 1. The molecule has 0 unspecified atom stereocenters. The predicted octanol–water partition coefficient (Wildman–Crippen LogP) is 4.27. The van der Waals surface area contributed by atoms with Gasteiger partial charge in [0.1, 0.15) is 5.75 Å². The van der Waals surface area contributed by atoms with Crippen LogP contribution in [0.2, 0.25) is 5.02 Å². The van der Waals surface area contributed by atoms with Crippen LogP contribution < -0.4 is 10.7 Å². The number of aromatic hydroxyl groups is 1. The molecule has 3 N–H and O–H groups in total. The quantitative estimate of drug-likeness (QED) is 0.548. The third-order valence-corrected chi connectivity index (χ3v) is 3.96. The van der Waals surface area contributed by atoms with Gasteiger partial charge in [-0.15, -0.1) is 0 Å². The number of carbonyl (C=O) groups is 1. The molecule has 0 bridgehead atoms. The molecule has 0 saturated carbocycles. The summed E-state index contributed by atoms with van der Waals surface area (Å²) in [4.78, 5) is 11.7. The molecule has 22 heavy (non-hydrogen) atoms. The van der Waals surface area contributed by atoms with E-state index in [9.17, 15) is 9.90 Å². The van der Waals surface area contributed by atoms with E-state index in [1.54, 1.807) is 12.1 Å². The highest BCUT2D eigenvalue weighted by Gasteiger charge is 2.02. The van der Waals surface area contributed by atoms with Gasteiger partial charge in [0.25, 0.3) is 0 Å². The number of hydrogen-bond acceptors (Lipinski definition) is 3. The average molecular weight is 383 g/mol. The Labute approximate surface area is 141 Å². The van der Waals surface area contributed by atoms with Crippen molar-refractivity contribution in [2.24, 2.45) is 5.10 Å². The van der Waals surface area contributed by atoms with Gasteiger partial charge in [0.2, 0.25) is 0 Å². The first-order chi connectivity index (χ1) is 10.5. The second-order valence-corrected chi connectivity index (χ2v) is 5.76. The monoisotopic (exact) mass is 381 g/mol. The van der Waals surface area contributed by atoms with E-state index >= 15 is 0 Å². The van der Waals surface area contributed by atoms with Gasteiger partial charge in [-0.05, 0) is 54.4 Å². The third kappa shape index (κ3) is 4.47. The summed E-state index contributed by atoms with van der Waals surface area (Å²) in [7, 11) is 0. The highest BCUT2D eigenvalue weighted by molar-refractivity contribution is 9.10. The minimum Gasteiger partial charge on any atom is -0.506 e. The Morgan fingerprint density at radius 2 is 2.09 bits per heavy atom. The van der Waals surface area contributed by atoms with Crippen molar-refractivity contribution in [1.82, 2.24) is 5.43 Å². The van der Waals surface area contributed by atoms with E-state index in [0.717, 1.165) is 10.0 Å². The maximum absolute atomic E-state index is 11.7. The molecule has 0 fully saturated rings. The second-order valence-electron chi connectivity index (χ2n) is 4.50. The van der Waals surface area contributed by atoms with Crippen LogP contribution >= 0.6 is 27.5 Å². The molecular formula is C15H13BrClN3O2. The molecule has 0 saturated heterocycles. The standard InChI is InChI=1S/C15H13BrClN3O2/c1-9-6-11(3-4-12(9)16)19-15(22)20-18-8-10-2-5-14(21)13(17)7-10/h2-8,21H,1H3,(H2,19,20,22)/b18-8+. The van der Waals surface area contributed by atoms with Gasteiger partial charge in [-0.25, -0.2) is 10.2 Å². The Bertz CT molecular complexity index is 735. The molecule has 7 heteroatoms. The van der Waals surface area contributed by atoms with Gasteiger partial charge in [0.15, 0.2) is 0 Å². The number of urea groups is 1. The van der Waals surface area contributed by atoms with Crippen molar-refractivity contribution in [2.75, 3.05) is 5.32 Å². The van der Waals surface area contributed by atoms with Crippen molar-refractivity contribution < 1.29 is 9.90 Å². The zero-order chi connectivity index (χ0) is 16.1. The van der Waals surface area contributed by atoms with Crippen LogP contribution in [-0.4, -0.2) is 17.4 Å². The molecule has 2 aromatic rings. The molecule has 0 aliphatic heterocycles. The number of carbonyl (C=O) groups excluding carboxylic acids is 1. The fraction of sp³-hybridized carbons (Fsp3) is 0.0667. The summed E-state index contributed by atoms with van der Waals surface area (Å²) >= 11 is 9.17. The summed E-state index contributed by atoms with van der Waals surface area (Å²) in [6.07, 6.45) is 1.43. The minimum atomic E-state index is -0.456. The van der Waals surface area contributed by atoms with Crippen molar-refractivity contribution in [1.29, 1.82) is 0 Å². The zero-order valence-corrected chi connectivity index (χ0v) is 13.9.